The van der Waals surface area contributed by atoms with Crippen LogP contribution in [0.15, 0.2) is 60.8 Å². The Kier molecular flexibility index (Phi) is 3.90. The summed E-state index contributed by atoms with van der Waals surface area (Å²) in [5, 5.41) is 4.69. The highest BCUT2D eigenvalue weighted by atomic mass is 16.2. The molecule has 0 bridgehead atoms. The second-order valence-electron chi connectivity index (χ2n) is 6.00. The highest BCUT2D eigenvalue weighted by Crippen LogP contribution is 2.30. The highest BCUT2D eigenvalue weighted by Gasteiger charge is 2.24. The SMILES string of the molecule is O=C(Nc1ccccc1N1CCCC1=O)c1nccc2ccccc12. The van der Waals surface area contributed by atoms with Gasteiger partial charge in [0.2, 0.25) is 5.91 Å². The standard InChI is InChI=1S/C20H17N3O2/c24-18-10-5-13-23(18)17-9-4-3-8-16(17)22-20(25)19-15-7-2-1-6-14(15)11-12-21-19/h1-4,6-9,11-12H,5,10,13H2,(H,22,25). The third-order valence-corrected chi connectivity index (χ3v) is 4.41. The van der Waals surface area contributed by atoms with E-state index in [2.05, 4.69) is 10.3 Å². The molecule has 2 amide bonds. The van der Waals surface area contributed by atoms with E-state index in [4.69, 9.17) is 0 Å². The molecule has 124 valence electrons. The molecule has 1 fully saturated rings. The van der Waals surface area contributed by atoms with Crippen LogP contribution in [0.1, 0.15) is 23.3 Å². The topological polar surface area (TPSA) is 62.3 Å². The Bertz CT molecular complexity index is 963. The molecule has 2 aromatic carbocycles. The normalized spacial score (nSPS) is 14.1. The summed E-state index contributed by atoms with van der Waals surface area (Å²) < 4.78 is 0. The first kappa shape index (κ1) is 15.3. The molecule has 5 heteroatoms. The van der Waals surface area contributed by atoms with Gasteiger partial charge in [-0.3, -0.25) is 14.6 Å². The van der Waals surface area contributed by atoms with Crippen molar-refractivity contribution < 1.29 is 9.59 Å². The summed E-state index contributed by atoms with van der Waals surface area (Å²) in [6, 6.07) is 16.9. The van der Waals surface area contributed by atoms with Crippen LogP contribution in [0.5, 0.6) is 0 Å². The maximum atomic E-state index is 12.8. The number of anilines is 2. The van der Waals surface area contributed by atoms with E-state index in [1.54, 1.807) is 11.1 Å². The molecule has 0 unspecified atom stereocenters. The monoisotopic (exact) mass is 331 g/mol. The van der Waals surface area contributed by atoms with E-state index in [1.165, 1.54) is 0 Å². The lowest BCUT2D eigenvalue weighted by atomic mass is 10.1. The number of fused-ring (bicyclic) bond motifs is 1. The number of carbonyl (C=O) groups is 2. The molecule has 0 radical (unpaired) electrons. The number of carbonyl (C=O) groups excluding carboxylic acids is 2. The van der Waals surface area contributed by atoms with Gasteiger partial charge in [-0.05, 0) is 30.0 Å². The van der Waals surface area contributed by atoms with E-state index in [1.807, 2.05) is 54.6 Å². The molecule has 1 aromatic heterocycles. The Morgan fingerprint density at radius 1 is 1.04 bits per heavy atom. The summed E-state index contributed by atoms with van der Waals surface area (Å²) in [7, 11) is 0. The fourth-order valence-electron chi connectivity index (χ4n) is 3.20. The van der Waals surface area contributed by atoms with Gasteiger partial charge in [-0.25, -0.2) is 0 Å². The van der Waals surface area contributed by atoms with Gasteiger partial charge in [0, 0.05) is 24.5 Å². The minimum absolute atomic E-state index is 0.0879. The lowest BCUT2D eigenvalue weighted by molar-refractivity contribution is -0.117. The van der Waals surface area contributed by atoms with Gasteiger partial charge in [0.05, 0.1) is 11.4 Å². The summed E-state index contributed by atoms with van der Waals surface area (Å²) in [6.45, 7) is 0.679. The van der Waals surface area contributed by atoms with Crippen molar-refractivity contribution in [3.63, 3.8) is 0 Å². The Morgan fingerprint density at radius 2 is 1.84 bits per heavy atom. The number of hydrogen-bond acceptors (Lipinski definition) is 3. The van der Waals surface area contributed by atoms with Gasteiger partial charge in [-0.15, -0.1) is 0 Å². The van der Waals surface area contributed by atoms with E-state index in [-0.39, 0.29) is 11.8 Å². The molecule has 0 aliphatic carbocycles. The molecular weight excluding hydrogens is 314 g/mol. The maximum absolute atomic E-state index is 12.8. The average molecular weight is 331 g/mol. The van der Waals surface area contributed by atoms with Gasteiger partial charge in [0.15, 0.2) is 0 Å². The predicted octanol–water partition coefficient (Wildman–Crippen LogP) is 3.61. The minimum atomic E-state index is -0.282. The maximum Gasteiger partial charge on any atom is 0.274 e. The molecule has 0 spiro atoms. The molecule has 4 rings (SSSR count). The summed E-state index contributed by atoms with van der Waals surface area (Å²) >= 11 is 0. The number of pyridine rings is 1. The number of nitrogens with zero attached hydrogens (tertiary/aromatic N) is 2. The van der Waals surface area contributed by atoms with Crippen LogP contribution in [-0.4, -0.2) is 23.3 Å². The van der Waals surface area contributed by atoms with Crippen molar-refractivity contribution in [1.82, 2.24) is 4.98 Å². The zero-order valence-corrected chi connectivity index (χ0v) is 13.6. The van der Waals surface area contributed by atoms with Crippen molar-refractivity contribution >= 4 is 34.0 Å². The second-order valence-corrected chi connectivity index (χ2v) is 6.00. The third kappa shape index (κ3) is 2.85. The van der Waals surface area contributed by atoms with Crippen LogP contribution in [0.4, 0.5) is 11.4 Å². The van der Waals surface area contributed by atoms with Crippen molar-refractivity contribution in [2.24, 2.45) is 0 Å². The van der Waals surface area contributed by atoms with Gasteiger partial charge in [-0.1, -0.05) is 36.4 Å². The number of rotatable bonds is 3. The lowest BCUT2D eigenvalue weighted by Gasteiger charge is -2.20. The minimum Gasteiger partial charge on any atom is -0.319 e. The smallest absolute Gasteiger partial charge is 0.274 e. The van der Waals surface area contributed by atoms with Gasteiger partial charge < -0.3 is 10.2 Å². The first-order chi connectivity index (χ1) is 12.2. The van der Waals surface area contributed by atoms with Gasteiger partial charge in [0.1, 0.15) is 5.69 Å². The first-order valence-electron chi connectivity index (χ1n) is 8.28. The number of aromatic nitrogens is 1. The van der Waals surface area contributed by atoms with Crippen molar-refractivity contribution in [1.29, 1.82) is 0 Å². The zero-order valence-electron chi connectivity index (χ0n) is 13.6. The van der Waals surface area contributed by atoms with E-state index in [9.17, 15) is 9.59 Å². The van der Waals surface area contributed by atoms with Crippen LogP contribution in [0.2, 0.25) is 0 Å². The van der Waals surface area contributed by atoms with Gasteiger partial charge in [0.25, 0.3) is 5.91 Å². The summed E-state index contributed by atoms with van der Waals surface area (Å²) in [4.78, 5) is 30.8. The molecule has 2 heterocycles. The van der Waals surface area contributed by atoms with Crippen LogP contribution in [-0.2, 0) is 4.79 Å². The quantitative estimate of drug-likeness (QED) is 0.797. The van der Waals surface area contributed by atoms with E-state index < -0.39 is 0 Å². The molecule has 0 saturated carbocycles. The molecule has 1 aliphatic heterocycles. The largest absolute Gasteiger partial charge is 0.319 e. The number of benzene rings is 2. The Balaban J connectivity index is 1.68. The summed E-state index contributed by atoms with van der Waals surface area (Å²) in [5.41, 5.74) is 1.73. The van der Waals surface area contributed by atoms with E-state index in [0.717, 1.165) is 22.9 Å². The first-order valence-corrected chi connectivity index (χ1v) is 8.28. The zero-order chi connectivity index (χ0) is 17.2. The molecule has 1 saturated heterocycles. The third-order valence-electron chi connectivity index (χ3n) is 4.41. The Labute approximate surface area is 145 Å². The van der Waals surface area contributed by atoms with Gasteiger partial charge in [-0.2, -0.15) is 0 Å². The number of amides is 2. The Hall–Kier alpha value is -3.21. The summed E-state index contributed by atoms with van der Waals surface area (Å²) in [6.07, 6.45) is 3.02. The fraction of sp³-hybridized carbons (Fsp3) is 0.150. The Morgan fingerprint density at radius 3 is 2.68 bits per heavy atom. The number of nitrogens with one attached hydrogen (secondary N) is 1. The fourth-order valence-corrected chi connectivity index (χ4v) is 3.20. The van der Waals surface area contributed by atoms with Crippen LogP contribution < -0.4 is 10.2 Å². The van der Waals surface area contributed by atoms with Crippen LogP contribution in [0.3, 0.4) is 0 Å². The number of hydrogen-bond donors (Lipinski definition) is 1. The molecular formula is C20H17N3O2. The van der Waals surface area contributed by atoms with Crippen molar-refractivity contribution in [3.05, 3.63) is 66.5 Å². The molecule has 1 aliphatic rings. The van der Waals surface area contributed by atoms with Crippen molar-refractivity contribution in [2.45, 2.75) is 12.8 Å². The molecule has 5 nitrogen and oxygen atoms in total. The van der Waals surface area contributed by atoms with E-state index >= 15 is 0 Å². The van der Waals surface area contributed by atoms with Crippen LogP contribution in [0, 0.1) is 0 Å². The second kappa shape index (κ2) is 6.36. The summed E-state index contributed by atoms with van der Waals surface area (Å²) in [5.74, 6) is -0.194. The molecule has 0 atom stereocenters. The van der Waals surface area contributed by atoms with Crippen LogP contribution >= 0.6 is 0 Å². The van der Waals surface area contributed by atoms with Crippen LogP contribution in [0.25, 0.3) is 10.8 Å². The van der Waals surface area contributed by atoms with E-state index in [0.29, 0.717) is 24.3 Å². The van der Waals surface area contributed by atoms with Crippen molar-refractivity contribution in [3.8, 4) is 0 Å². The molecule has 25 heavy (non-hydrogen) atoms. The van der Waals surface area contributed by atoms with Gasteiger partial charge >= 0.3 is 0 Å². The van der Waals surface area contributed by atoms with Crippen molar-refractivity contribution in [2.75, 3.05) is 16.8 Å². The predicted molar refractivity (Wildman–Crippen MR) is 97.7 cm³/mol. The lowest BCUT2D eigenvalue weighted by Crippen LogP contribution is -2.25. The average Bonchev–Trinajstić information content (AvgIpc) is 3.07. The number of para-hydroxylation sites is 2. The highest BCUT2D eigenvalue weighted by molar-refractivity contribution is 6.13. The molecule has 1 N–H and O–H groups in total. The molecule has 3 aromatic rings.